The lowest BCUT2D eigenvalue weighted by Crippen LogP contribution is -2.39. The van der Waals surface area contributed by atoms with Gasteiger partial charge in [0.05, 0.1) is 5.69 Å². The Balaban J connectivity index is 1.98. The summed E-state index contributed by atoms with van der Waals surface area (Å²) in [5, 5.41) is 12.2. The van der Waals surface area contributed by atoms with Crippen molar-refractivity contribution in [2.75, 3.05) is 12.4 Å². The standard InChI is InChI=1S/C13H21N5O2/c1-14-12(19)11-10(8-18(2)17-11)16-13(20)15-9-6-4-3-5-7-9/h8-9H,3-7H2,1-2H3,(H,14,19)(H2,15,16,20). The fraction of sp³-hybridized carbons (Fsp3) is 0.615. The zero-order valence-corrected chi connectivity index (χ0v) is 11.9. The van der Waals surface area contributed by atoms with E-state index in [0.717, 1.165) is 25.7 Å². The molecule has 1 saturated carbocycles. The Bertz CT molecular complexity index is 491. The third-order valence-electron chi connectivity index (χ3n) is 3.46. The van der Waals surface area contributed by atoms with E-state index in [0.29, 0.717) is 5.69 Å². The molecule has 2 rings (SSSR count). The van der Waals surface area contributed by atoms with Gasteiger partial charge in [-0.2, -0.15) is 5.10 Å². The van der Waals surface area contributed by atoms with E-state index in [-0.39, 0.29) is 23.7 Å². The van der Waals surface area contributed by atoms with Crippen LogP contribution >= 0.6 is 0 Å². The Morgan fingerprint density at radius 3 is 2.65 bits per heavy atom. The quantitative estimate of drug-likeness (QED) is 0.777. The van der Waals surface area contributed by atoms with Crippen molar-refractivity contribution in [1.29, 1.82) is 0 Å². The predicted molar refractivity (Wildman–Crippen MR) is 75.6 cm³/mol. The van der Waals surface area contributed by atoms with Crippen LogP contribution in [0.25, 0.3) is 0 Å². The van der Waals surface area contributed by atoms with Crippen molar-refractivity contribution < 1.29 is 9.59 Å². The first kappa shape index (κ1) is 14.4. The largest absolute Gasteiger partial charge is 0.354 e. The lowest BCUT2D eigenvalue weighted by atomic mass is 9.96. The van der Waals surface area contributed by atoms with E-state index in [2.05, 4.69) is 21.0 Å². The summed E-state index contributed by atoms with van der Waals surface area (Å²) in [6.07, 6.45) is 7.20. The van der Waals surface area contributed by atoms with Crippen LogP contribution < -0.4 is 16.0 Å². The molecule has 0 aromatic carbocycles. The highest BCUT2D eigenvalue weighted by atomic mass is 16.2. The van der Waals surface area contributed by atoms with Gasteiger partial charge in [0.15, 0.2) is 5.69 Å². The Hall–Kier alpha value is -2.05. The lowest BCUT2D eigenvalue weighted by Gasteiger charge is -2.22. The van der Waals surface area contributed by atoms with E-state index in [1.807, 2.05) is 0 Å². The van der Waals surface area contributed by atoms with Crippen LogP contribution in [0.3, 0.4) is 0 Å². The molecule has 3 N–H and O–H groups in total. The van der Waals surface area contributed by atoms with Gasteiger partial charge < -0.3 is 16.0 Å². The van der Waals surface area contributed by atoms with Gasteiger partial charge in [-0.15, -0.1) is 0 Å². The third kappa shape index (κ3) is 3.49. The molecule has 1 aliphatic rings. The number of carbonyl (C=O) groups is 2. The Labute approximate surface area is 118 Å². The van der Waals surface area contributed by atoms with Crippen LogP contribution in [0.1, 0.15) is 42.6 Å². The van der Waals surface area contributed by atoms with E-state index in [1.54, 1.807) is 13.2 Å². The molecule has 0 spiro atoms. The molecule has 0 unspecified atom stereocenters. The van der Waals surface area contributed by atoms with Gasteiger partial charge in [-0.05, 0) is 12.8 Å². The second kappa shape index (κ2) is 6.40. The summed E-state index contributed by atoms with van der Waals surface area (Å²) in [6.45, 7) is 0. The Morgan fingerprint density at radius 1 is 1.30 bits per heavy atom. The molecule has 1 aromatic heterocycles. The molecule has 0 saturated heterocycles. The average Bonchev–Trinajstić information content (AvgIpc) is 2.79. The summed E-state index contributed by atoms with van der Waals surface area (Å²) in [4.78, 5) is 23.6. The van der Waals surface area contributed by atoms with Crippen molar-refractivity contribution in [3.05, 3.63) is 11.9 Å². The lowest BCUT2D eigenvalue weighted by molar-refractivity contribution is 0.0958. The number of nitrogens with zero attached hydrogens (tertiary/aromatic N) is 2. The SMILES string of the molecule is CNC(=O)c1nn(C)cc1NC(=O)NC1CCCCC1. The number of carbonyl (C=O) groups excluding carboxylic acids is 2. The van der Waals surface area contributed by atoms with Crippen molar-refractivity contribution >= 4 is 17.6 Å². The van der Waals surface area contributed by atoms with Crippen molar-refractivity contribution in [3.63, 3.8) is 0 Å². The number of nitrogens with one attached hydrogen (secondary N) is 3. The molecule has 1 fully saturated rings. The second-order valence-corrected chi connectivity index (χ2v) is 5.08. The number of aromatic nitrogens is 2. The number of anilines is 1. The number of aryl methyl sites for hydroxylation is 1. The van der Waals surface area contributed by atoms with Gasteiger partial charge in [0.25, 0.3) is 5.91 Å². The number of hydrogen-bond donors (Lipinski definition) is 3. The zero-order valence-electron chi connectivity index (χ0n) is 11.9. The highest BCUT2D eigenvalue weighted by Crippen LogP contribution is 2.18. The number of amides is 3. The summed E-state index contributed by atoms with van der Waals surface area (Å²) in [7, 11) is 3.24. The first-order valence-electron chi connectivity index (χ1n) is 6.93. The maximum atomic E-state index is 12.0. The van der Waals surface area contributed by atoms with Crippen LogP contribution in [-0.4, -0.2) is 34.8 Å². The molecule has 1 aromatic rings. The molecular weight excluding hydrogens is 258 g/mol. The first-order chi connectivity index (χ1) is 9.60. The highest BCUT2D eigenvalue weighted by Gasteiger charge is 2.19. The number of hydrogen-bond acceptors (Lipinski definition) is 3. The van der Waals surface area contributed by atoms with Gasteiger partial charge in [0, 0.05) is 26.3 Å². The predicted octanol–water partition coefficient (Wildman–Crippen LogP) is 1.23. The minimum absolute atomic E-state index is 0.216. The van der Waals surface area contributed by atoms with Gasteiger partial charge in [-0.1, -0.05) is 19.3 Å². The second-order valence-electron chi connectivity index (χ2n) is 5.08. The molecule has 0 radical (unpaired) electrons. The molecule has 7 nitrogen and oxygen atoms in total. The van der Waals surface area contributed by atoms with Crippen LogP contribution in [0.15, 0.2) is 6.20 Å². The third-order valence-corrected chi connectivity index (χ3v) is 3.46. The number of rotatable bonds is 3. The van der Waals surface area contributed by atoms with Crippen LogP contribution in [-0.2, 0) is 7.05 Å². The highest BCUT2D eigenvalue weighted by molar-refractivity contribution is 6.01. The average molecular weight is 279 g/mol. The summed E-state index contributed by atoms with van der Waals surface area (Å²) >= 11 is 0. The normalized spacial score (nSPS) is 15.7. The van der Waals surface area contributed by atoms with Crippen molar-refractivity contribution in [2.24, 2.45) is 7.05 Å². The van der Waals surface area contributed by atoms with Crippen LogP contribution in [0.4, 0.5) is 10.5 Å². The number of urea groups is 1. The van der Waals surface area contributed by atoms with E-state index in [4.69, 9.17) is 0 Å². The van der Waals surface area contributed by atoms with Crippen molar-refractivity contribution in [1.82, 2.24) is 20.4 Å². The monoisotopic (exact) mass is 279 g/mol. The van der Waals surface area contributed by atoms with Crippen LogP contribution in [0, 0.1) is 0 Å². The first-order valence-corrected chi connectivity index (χ1v) is 6.93. The van der Waals surface area contributed by atoms with E-state index in [1.165, 1.54) is 18.2 Å². The summed E-state index contributed by atoms with van der Waals surface area (Å²) < 4.78 is 1.50. The van der Waals surface area contributed by atoms with Crippen molar-refractivity contribution in [3.8, 4) is 0 Å². The molecule has 110 valence electrons. The van der Waals surface area contributed by atoms with Gasteiger partial charge in [0.1, 0.15) is 0 Å². The molecular formula is C13H21N5O2. The van der Waals surface area contributed by atoms with Crippen molar-refractivity contribution in [2.45, 2.75) is 38.1 Å². The molecule has 3 amide bonds. The molecule has 1 heterocycles. The van der Waals surface area contributed by atoms with Crippen LogP contribution in [0.2, 0.25) is 0 Å². The minimum atomic E-state index is -0.321. The maximum Gasteiger partial charge on any atom is 0.319 e. The van der Waals surface area contributed by atoms with Gasteiger partial charge in [-0.3, -0.25) is 9.48 Å². The molecule has 1 aliphatic carbocycles. The topological polar surface area (TPSA) is 88.1 Å². The van der Waals surface area contributed by atoms with E-state index in [9.17, 15) is 9.59 Å². The van der Waals surface area contributed by atoms with E-state index >= 15 is 0 Å². The molecule has 20 heavy (non-hydrogen) atoms. The summed E-state index contributed by atoms with van der Waals surface area (Å²) in [6, 6.07) is -0.0565. The fourth-order valence-corrected chi connectivity index (χ4v) is 2.46. The maximum absolute atomic E-state index is 12.0. The molecule has 0 atom stereocenters. The van der Waals surface area contributed by atoms with Gasteiger partial charge in [-0.25, -0.2) is 4.79 Å². The van der Waals surface area contributed by atoms with Gasteiger partial charge >= 0.3 is 6.03 Å². The zero-order chi connectivity index (χ0) is 14.5. The van der Waals surface area contributed by atoms with E-state index < -0.39 is 0 Å². The smallest absolute Gasteiger partial charge is 0.319 e. The van der Waals surface area contributed by atoms with Crippen LogP contribution in [0.5, 0.6) is 0 Å². The molecule has 7 heteroatoms. The summed E-state index contributed by atoms with van der Waals surface area (Å²) in [5.74, 6) is -0.321. The fourth-order valence-electron chi connectivity index (χ4n) is 2.46. The molecule has 0 bridgehead atoms. The summed E-state index contributed by atoms with van der Waals surface area (Å²) in [5.41, 5.74) is 0.633. The molecule has 0 aliphatic heterocycles. The van der Waals surface area contributed by atoms with Gasteiger partial charge in [0.2, 0.25) is 0 Å². The minimum Gasteiger partial charge on any atom is -0.354 e. The Morgan fingerprint density at radius 2 is 2.00 bits per heavy atom. The Kier molecular flexibility index (Phi) is 4.60.